The molecule has 3 unspecified atom stereocenters. The Morgan fingerprint density at radius 3 is 2.56 bits per heavy atom. The molecule has 3 atom stereocenters. The van der Waals surface area contributed by atoms with E-state index in [1.165, 1.54) is 19.3 Å². The summed E-state index contributed by atoms with van der Waals surface area (Å²) < 4.78 is 0. The summed E-state index contributed by atoms with van der Waals surface area (Å²) in [6.07, 6.45) is 6.05. The number of likely N-dealkylation sites (N-methyl/N-ethyl adjacent to an activating group) is 1. The summed E-state index contributed by atoms with van der Waals surface area (Å²) >= 11 is 12.4. The number of carbonyl (C=O) groups excluding carboxylic acids is 1. The number of rotatable bonds is 4. The molecule has 1 aliphatic carbocycles. The zero-order valence-corrected chi connectivity index (χ0v) is 16.9. The van der Waals surface area contributed by atoms with Crippen molar-refractivity contribution in [2.24, 2.45) is 11.8 Å². The highest BCUT2D eigenvalue weighted by Crippen LogP contribution is 2.48. The Morgan fingerprint density at radius 1 is 1.20 bits per heavy atom. The number of hydrogen-bond acceptors (Lipinski definition) is 3. The molecule has 5 heteroatoms. The summed E-state index contributed by atoms with van der Waals surface area (Å²) in [6.45, 7) is 3.40. The quantitative estimate of drug-likeness (QED) is 0.739. The maximum atomic E-state index is 13.1. The highest BCUT2D eigenvalue weighted by Gasteiger charge is 2.54. The van der Waals surface area contributed by atoms with E-state index in [-0.39, 0.29) is 5.78 Å². The summed E-state index contributed by atoms with van der Waals surface area (Å²) in [6, 6.07) is 5.76. The Bertz CT molecular complexity index is 649. The Hall–Kier alpha value is -0.770. The minimum absolute atomic E-state index is 0.267. The number of nitrogens with zero attached hydrogens (tertiary/aromatic N) is 2. The predicted octanol–water partition coefficient (Wildman–Crippen LogP) is 4.90. The number of halogens is 2. The fourth-order valence-electron chi connectivity index (χ4n) is 5.14. The number of anilines is 1. The highest BCUT2D eigenvalue weighted by atomic mass is 35.5. The van der Waals surface area contributed by atoms with Gasteiger partial charge in [0.1, 0.15) is 5.54 Å². The van der Waals surface area contributed by atoms with Gasteiger partial charge < -0.3 is 9.80 Å². The number of Topliss-reactive ketones (excluding diaryl/α,β-unsaturated/α-hetero) is 1. The summed E-state index contributed by atoms with van der Waals surface area (Å²) in [5, 5.41) is 1.10. The molecule has 0 radical (unpaired) electrons. The van der Waals surface area contributed by atoms with E-state index in [1.807, 2.05) is 18.2 Å². The fraction of sp³-hybridized carbons (Fsp3) is 0.650. The van der Waals surface area contributed by atoms with Crippen LogP contribution in [0.1, 0.15) is 39.0 Å². The molecule has 3 rings (SSSR count). The first-order valence-electron chi connectivity index (χ1n) is 9.24. The van der Waals surface area contributed by atoms with Gasteiger partial charge in [-0.1, -0.05) is 42.5 Å². The minimum Gasteiger partial charge on any atom is -0.357 e. The van der Waals surface area contributed by atoms with Crippen LogP contribution in [0.25, 0.3) is 0 Å². The lowest BCUT2D eigenvalue weighted by Gasteiger charge is -2.57. The largest absolute Gasteiger partial charge is 0.357 e. The molecule has 25 heavy (non-hydrogen) atoms. The fourth-order valence-corrected chi connectivity index (χ4v) is 5.43. The second-order valence-corrected chi connectivity index (χ2v) is 8.72. The number of fused-ring (bicyclic) bond motifs is 1. The first-order valence-corrected chi connectivity index (χ1v) is 10.0. The van der Waals surface area contributed by atoms with Gasteiger partial charge in [-0.05, 0) is 63.9 Å². The number of ketones is 1. The van der Waals surface area contributed by atoms with Gasteiger partial charge in [-0.25, -0.2) is 0 Å². The first-order chi connectivity index (χ1) is 11.9. The van der Waals surface area contributed by atoms with E-state index in [0.717, 1.165) is 31.6 Å². The van der Waals surface area contributed by atoms with E-state index in [9.17, 15) is 4.79 Å². The van der Waals surface area contributed by atoms with E-state index >= 15 is 0 Å². The maximum absolute atomic E-state index is 13.1. The minimum atomic E-state index is -0.482. The van der Waals surface area contributed by atoms with Gasteiger partial charge in [0.05, 0.1) is 10.0 Å². The Balaban J connectivity index is 2.10. The van der Waals surface area contributed by atoms with Crippen LogP contribution in [0.5, 0.6) is 0 Å². The lowest BCUT2D eigenvalue weighted by atomic mass is 9.62. The molecule has 3 nitrogen and oxygen atoms in total. The molecule has 0 bridgehead atoms. The van der Waals surface area contributed by atoms with Crippen molar-refractivity contribution in [2.45, 2.75) is 44.6 Å². The summed E-state index contributed by atoms with van der Waals surface area (Å²) in [7, 11) is 4.12. The van der Waals surface area contributed by atoms with Gasteiger partial charge in [-0.2, -0.15) is 0 Å². The Labute approximate surface area is 161 Å². The third kappa shape index (κ3) is 3.43. The normalized spacial score (nSPS) is 29.6. The summed E-state index contributed by atoms with van der Waals surface area (Å²) in [4.78, 5) is 17.6. The van der Waals surface area contributed by atoms with E-state index in [2.05, 4.69) is 23.9 Å². The van der Waals surface area contributed by atoms with Crippen LogP contribution in [-0.4, -0.2) is 43.4 Å². The smallest absolute Gasteiger partial charge is 0.156 e. The van der Waals surface area contributed by atoms with Gasteiger partial charge >= 0.3 is 0 Å². The van der Waals surface area contributed by atoms with Gasteiger partial charge in [-0.15, -0.1) is 0 Å². The van der Waals surface area contributed by atoms with Gasteiger partial charge in [0.2, 0.25) is 0 Å². The van der Waals surface area contributed by atoms with Gasteiger partial charge in [0.15, 0.2) is 5.78 Å². The Morgan fingerprint density at radius 2 is 1.92 bits per heavy atom. The van der Waals surface area contributed by atoms with Crippen molar-refractivity contribution in [3.63, 3.8) is 0 Å². The topological polar surface area (TPSA) is 23.6 Å². The molecular formula is C20H28Cl2N2O. The average molecular weight is 383 g/mol. The van der Waals surface area contributed by atoms with Gasteiger partial charge in [0, 0.05) is 18.8 Å². The lowest BCUT2D eigenvalue weighted by Crippen LogP contribution is -2.68. The standard InChI is InChI=1S/C20H28Cl2N2O/c1-14(25)20(13-23(2)3)17-7-5-4-6-15(17)10-11-24(20)16-8-9-18(21)19(22)12-16/h8-9,12,15,17H,4-7,10-11,13H2,1-3H3. The van der Waals surface area contributed by atoms with Crippen LogP contribution in [0, 0.1) is 11.8 Å². The summed E-state index contributed by atoms with van der Waals surface area (Å²) in [5.41, 5.74) is 0.528. The SMILES string of the molecule is CC(=O)C1(CN(C)C)C2CCCCC2CCN1c1ccc(Cl)c(Cl)c1. The van der Waals surface area contributed by atoms with Crippen LogP contribution < -0.4 is 4.90 Å². The second kappa shape index (κ2) is 7.46. The second-order valence-electron chi connectivity index (χ2n) is 7.91. The van der Waals surface area contributed by atoms with Crippen molar-refractivity contribution in [1.82, 2.24) is 4.90 Å². The van der Waals surface area contributed by atoms with E-state index < -0.39 is 5.54 Å². The maximum Gasteiger partial charge on any atom is 0.156 e. The van der Waals surface area contributed by atoms with E-state index in [0.29, 0.717) is 21.9 Å². The van der Waals surface area contributed by atoms with Gasteiger partial charge in [-0.3, -0.25) is 4.79 Å². The zero-order chi connectivity index (χ0) is 18.2. The van der Waals surface area contributed by atoms with Crippen LogP contribution in [0.4, 0.5) is 5.69 Å². The molecule has 1 saturated carbocycles. The molecule has 1 saturated heterocycles. The van der Waals surface area contributed by atoms with E-state index in [4.69, 9.17) is 23.2 Å². The molecule has 1 aromatic rings. The van der Waals surface area contributed by atoms with Crippen molar-refractivity contribution in [1.29, 1.82) is 0 Å². The first kappa shape index (κ1) is 19.0. The molecule has 0 spiro atoms. The number of piperidine rings is 1. The third-order valence-electron chi connectivity index (χ3n) is 6.11. The highest BCUT2D eigenvalue weighted by molar-refractivity contribution is 6.42. The molecule has 1 aliphatic heterocycles. The number of benzene rings is 1. The van der Waals surface area contributed by atoms with Gasteiger partial charge in [0.25, 0.3) is 0 Å². The van der Waals surface area contributed by atoms with Crippen LogP contribution >= 0.6 is 23.2 Å². The monoisotopic (exact) mass is 382 g/mol. The van der Waals surface area contributed by atoms with Crippen LogP contribution in [0.2, 0.25) is 10.0 Å². The number of hydrogen-bond donors (Lipinski definition) is 0. The molecule has 138 valence electrons. The van der Waals surface area contributed by atoms with Crippen molar-refractivity contribution in [3.8, 4) is 0 Å². The molecule has 0 N–H and O–H groups in total. The molecule has 1 aromatic carbocycles. The lowest BCUT2D eigenvalue weighted by molar-refractivity contribution is -0.127. The Kier molecular flexibility index (Phi) is 5.67. The van der Waals surface area contributed by atoms with Crippen molar-refractivity contribution in [2.75, 3.05) is 32.1 Å². The molecule has 2 aliphatic rings. The van der Waals surface area contributed by atoms with Crippen molar-refractivity contribution >= 4 is 34.7 Å². The van der Waals surface area contributed by atoms with Crippen molar-refractivity contribution in [3.05, 3.63) is 28.2 Å². The van der Waals surface area contributed by atoms with Crippen LogP contribution in [-0.2, 0) is 4.79 Å². The number of carbonyl (C=O) groups is 1. The third-order valence-corrected chi connectivity index (χ3v) is 6.85. The zero-order valence-electron chi connectivity index (χ0n) is 15.4. The predicted molar refractivity (Wildman–Crippen MR) is 106 cm³/mol. The molecule has 2 fully saturated rings. The van der Waals surface area contributed by atoms with Crippen LogP contribution in [0.15, 0.2) is 18.2 Å². The van der Waals surface area contributed by atoms with Crippen molar-refractivity contribution < 1.29 is 4.79 Å². The molecular weight excluding hydrogens is 355 g/mol. The van der Waals surface area contributed by atoms with E-state index in [1.54, 1.807) is 6.92 Å². The molecule has 1 heterocycles. The molecule has 0 amide bonds. The summed E-state index contributed by atoms with van der Waals surface area (Å²) in [5.74, 6) is 1.32. The molecule has 0 aromatic heterocycles. The average Bonchev–Trinajstić information content (AvgIpc) is 2.57. The van der Waals surface area contributed by atoms with Crippen LogP contribution in [0.3, 0.4) is 0 Å².